The topological polar surface area (TPSA) is 24.6 Å². The van der Waals surface area contributed by atoms with Gasteiger partial charge in [0.25, 0.3) is 0 Å². The third-order valence-corrected chi connectivity index (χ3v) is 3.48. The van der Waals surface area contributed by atoms with Crippen LogP contribution in [0.3, 0.4) is 0 Å². The fourth-order valence-corrected chi connectivity index (χ4v) is 2.19. The highest BCUT2D eigenvalue weighted by atomic mass is 35.5. The molecule has 1 atom stereocenters. The maximum atomic E-state index is 5.15. The largest absolute Gasteiger partial charge is 0.372 e. The summed E-state index contributed by atoms with van der Waals surface area (Å²) >= 11 is 0. The average molecular weight is 278 g/mol. The van der Waals surface area contributed by atoms with Crippen molar-refractivity contribution in [1.29, 1.82) is 0 Å². The first kappa shape index (κ1) is 18.2. The number of ether oxygens (including phenoxy) is 1. The van der Waals surface area contributed by atoms with Crippen LogP contribution in [0.1, 0.15) is 71.1 Å². The second-order valence-corrected chi connectivity index (χ2v) is 5.34. The lowest BCUT2D eigenvalue weighted by atomic mass is 10.1. The Bertz CT molecular complexity index is 163. The number of unbranched alkanes of at least 4 members (excludes halogenated alkanes) is 9. The van der Waals surface area contributed by atoms with Crippen molar-refractivity contribution in [3.05, 3.63) is 0 Å². The van der Waals surface area contributed by atoms with Crippen LogP contribution in [-0.4, -0.2) is 25.8 Å². The summed E-state index contributed by atoms with van der Waals surface area (Å²) in [5.41, 5.74) is 0. The Morgan fingerprint density at radius 2 is 1.39 bits per heavy atom. The molecule has 1 N–H and O–H groups in total. The van der Waals surface area contributed by atoms with Crippen molar-refractivity contribution >= 4 is 12.4 Å². The van der Waals surface area contributed by atoms with Crippen molar-refractivity contribution in [3.8, 4) is 0 Å². The van der Waals surface area contributed by atoms with Gasteiger partial charge in [-0.1, -0.05) is 64.7 Å². The van der Waals surface area contributed by atoms with Crippen molar-refractivity contribution in [2.24, 2.45) is 0 Å². The zero-order valence-corrected chi connectivity index (χ0v) is 12.9. The maximum Gasteiger partial charge on any atom is 0.0933 e. The zero-order chi connectivity index (χ0) is 12.2. The molecule has 1 aliphatic rings. The molecule has 0 spiro atoms. The lowest BCUT2D eigenvalue weighted by molar-refractivity contribution is 0.395. The van der Waals surface area contributed by atoms with Gasteiger partial charge in [-0.05, 0) is 13.0 Å². The summed E-state index contributed by atoms with van der Waals surface area (Å²) in [6.07, 6.45) is 14.7. The van der Waals surface area contributed by atoms with Crippen LogP contribution < -0.4 is 5.32 Å². The predicted molar refractivity (Wildman–Crippen MR) is 81.7 cm³/mol. The number of nitrogens with one attached hydrogen (secondary N) is 1. The summed E-state index contributed by atoms with van der Waals surface area (Å²) in [5, 5.41) is 3.45. The summed E-state index contributed by atoms with van der Waals surface area (Å²) in [6.45, 7) is 5.50. The number of hydrogen-bond donors (Lipinski definition) is 1. The van der Waals surface area contributed by atoms with Gasteiger partial charge in [-0.15, -0.1) is 12.4 Å². The van der Waals surface area contributed by atoms with Gasteiger partial charge >= 0.3 is 0 Å². The lowest BCUT2D eigenvalue weighted by Crippen LogP contribution is -2.20. The van der Waals surface area contributed by atoms with Gasteiger partial charge in [0, 0.05) is 6.54 Å². The van der Waals surface area contributed by atoms with Gasteiger partial charge in [0.2, 0.25) is 0 Å². The van der Waals surface area contributed by atoms with Gasteiger partial charge in [0.15, 0.2) is 0 Å². The molecule has 0 saturated carbocycles. The first-order chi connectivity index (χ1) is 8.43. The van der Waals surface area contributed by atoms with Gasteiger partial charge < -0.3 is 10.1 Å². The van der Waals surface area contributed by atoms with Gasteiger partial charge in [-0.2, -0.15) is 0 Å². The van der Waals surface area contributed by atoms with Gasteiger partial charge in [0.1, 0.15) is 0 Å². The van der Waals surface area contributed by atoms with Crippen LogP contribution >= 0.6 is 12.4 Å². The van der Waals surface area contributed by atoms with E-state index in [1.807, 2.05) is 0 Å². The van der Waals surface area contributed by atoms with Crippen LogP contribution in [-0.2, 0) is 4.74 Å². The van der Waals surface area contributed by atoms with Crippen LogP contribution in [0, 0.1) is 0 Å². The van der Waals surface area contributed by atoms with Crippen molar-refractivity contribution in [2.75, 3.05) is 19.7 Å². The Balaban J connectivity index is 0.00000289. The van der Waals surface area contributed by atoms with Crippen LogP contribution in [0.2, 0.25) is 0 Å². The summed E-state index contributed by atoms with van der Waals surface area (Å²) in [5.74, 6) is 0. The third kappa shape index (κ3) is 12.7. The number of epoxide rings is 1. The van der Waals surface area contributed by atoms with E-state index in [0.29, 0.717) is 6.10 Å². The van der Waals surface area contributed by atoms with Gasteiger partial charge in [-0.3, -0.25) is 0 Å². The van der Waals surface area contributed by atoms with Crippen LogP contribution in [0.15, 0.2) is 0 Å². The normalized spacial score (nSPS) is 17.5. The highest BCUT2D eigenvalue weighted by Crippen LogP contribution is 2.10. The van der Waals surface area contributed by atoms with Crippen LogP contribution in [0.5, 0.6) is 0 Å². The molecular formula is C15H32ClNO. The molecule has 1 saturated heterocycles. The Labute approximate surface area is 120 Å². The Kier molecular flexibility index (Phi) is 13.8. The number of rotatable bonds is 13. The summed E-state index contributed by atoms with van der Waals surface area (Å²) in [7, 11) is 0. The lowest BCUT2D eigenvalue weighted by Gasteiger charge is -2.03. The molecule has 0 aliphatic carbocycles. The second-order valence-electron chi connectivity index (χ2n) is 5.34. The van der Waals surface area contributed by atoms with Crippen molar-refractivity contribution in [2.45, 2.75) is 77.2 Å². The molecular weight excluding hydrogens is 246 g/mol. The van der Waals surface area contributed by atoms with Crippen molar-refractivity contribution in [1.82, 2.24) is 5.32 Å². The van der Waals surface area contributed by atoms with E-state index in [2.05, 4.69) is 12.2 Å². The van der Waals surface area contributed by atoms with Crippen LogP contribution in [0.25, 0.3) is 0 Å². The molecule has 110 valence electrons. The molecule has 1 rings (SSSR count). The zero-order valence-electron chi connectivity index (χ0n) is 12.1. The second kappa shape index (κ2) is 13.6. The first-order valence-corrected chi connectivity index (χ1v) is 7.76. The minimum Gasteiger partial charge on any atom is -0.372 e. The van der Waals surface area contributed by atoms with Gasteiger partial charge in [-0.25, -0.2) is 0 Å². The molecule has 2 nitrogen and oxygen atoms in total. The van der Waals surface area contributed by atoms with Gasteiger partial charge in [0.05, 0.1) is 12.7 Å². The SMILES string of the molecule is CCCCCCCCCCCCNCC1CO1.Cl. The molecule has 0 aromatic heterocycles. The van der Waals surface area contributed by atoms with Crippen molar-refractivity contribution < 1.29 is 4.74 Å². The van der Waals surface area contributed by atoms with E-state index >= 15 is 0 Å². The Morgan fingerprint density at radius 1 is 0.889 bits per heavy atom. The van der Waals surface area contributed by atoms with E-state index in [-0.39, 0.29) is 12.4 Å². The van der Waals surface area contributed by atoms with E-state index in [1.54, 1.807) is 0 Å². The molecule has 18 heavy (non-hydrogen) atoms. The first-order valence-electron chi connectivity index (χ1n) is 7.76. The average Bonchev–Trinajstić information content (AvgIpc) is 3.15. The minimum absolute atomic E-state index is 0. The molecule has 0 bridgehead atoms. The fourth-order valence-electron chi connectivity index (χ4n) is 2.19. The molecule has 0 radical (unpaired) electrons. The monoisotopic (exact) mass is 277 g/mol. The quantitative estimate of drug-likeness (QED) is 0.401. The summed E-state index contributed by atoms with van der Waals surface area (Å²) in [4.78, 5) is 0. The molecule has 0 amide bonds. The van der Waals surface area contributed by atoms with E-state index < -0.39 is 0 Å². The summed E-state index contributed by atoms with van der Waals surface area (Å²) < 4.78 is 5.15. The third-order valence-electron chi connectivity index (χ3n) is 3.48. The van der Waals surface area contributed by atoms with E-state index in [4.69, 9.17) is 4.74 Å². The molecule has 1 fully saturated rings. The standard InChI is InChI=1S/C15H31NO.ClH/c1-2-3-4-5-6-7-8-9-10-11-12-16-13-15-14-17-15;/h15-16H,2-14H2,1H3;1H. The fraction of sp³-hybridized carbons (Fsp3) is 1.00. The van der Waals surface area contributed by atoms with E-state index in [1.165, 1.54) is 70.8 Å². The number of hydrogen-bond acceptors (Lipinski definition) is 2. The smallest absolute Gasteiger partial charge is 0.0933 e. The van der Waals surface area contributed by atoms with Crippen LogP contribution in [0.4, 0.5) is 0 Å². The molecule has 1 heterocycles. The highest BCUT2D eigenvalue weighted by molar-refractivity contribution is 5.85. The molecule has 3 heteroatoms. The predicted octanol–water partition coefficient (Wildman–Crippen LogP) is 4.32. The van der Waals surface area contributed by atoms with E-state index in [0.717, 1.165) is 13.2 Å². The van der Waals surface area contributed by atoms with E-state index in [9.17, 15) is 0 Å². The minimum atomic E-state index is 0. The molecule has 0 aromatic rings. The molecule has 1 unspecified atom stereocenters. The Hall–Kier alpha value is 0.210. The maximum absolute atomic E-state index is 5.15. The molecule has 1 aliphatic heterocycles. The van der Waals surface area contributed by atoms with Crippen molar-refractivity contribution in [3.63, 3.8) is 0 Å². The number of halogens is 1. The summed E-state index contributed by atoms with van der Waals surface area (Å²) in [6, 6.07) is 0. The molecule has 0 aromatic carbocycles. The highest BCUT2D eigenvalue weighted by Gasteiger charge is 2.20. The Morgan fingerprint density at radius 3 is 1.89 bits per heavy atom.